The minimum absolute atomic E-state index is 0. The van der Waals surface area contributed by atoms with Gasteiger partial charge >= 0.3 is 0 Å². The van der Waals surface area contributed by atoms with E-state index in [2.05, 4.69) is 100 Å². The Kier molecular flexibility index (Phi) is 9.42. The molecule has 1 radical (unpaired) electrons. The smallest absolute Gasteiger partial charge is 0.120 e. The molecule has 3 nitrogen and oxygen atoms in total. The predicted molar refractivity (Wildman–Crippen MR) is 195 cm³/mol. The summed E-state index contributed by atoms with van der Waals surface area (Å²) in [5, 5.41) is 4.74. The zero-order valence-electron chi connectivity index (χ0n) is 27.8. The number of hydrogen-bond donors (Lipinski definition) is 0. The summed E-state index contributed by atoms with van der Waals surface area (Å²) < 4.78 is 6.26. The number of benzene rings is 5. The van der Waals surface area contributed by atoms with Gasteiger partial charge in [-0.2, -0.15) is 0 Å². The average molecular weight is 801 g/mol. The summed E-state index contributed by atoms with van der Waals surface area (Å²) >= 11 is 0. The van der Waals surface area contributed by atoms with E-state index < -0.39 is 0 Å². The summed E-state index contributed by atoms with van der Waals surface area (Å²) in [5.41, 5.74) is 11.8. The molecule has 8 rings (SSSR count). The molecule has 0 fully saturated rings. The van der Waals surface area contributed by atoms with Crippen molar-refractivity contribution in [2.24, 2.45) is 0 Å². The van der Waals surface area contributed by atoms with E-state index in [4.69, 9.17) is 9.40 Å². The van der Waals surface area contributed by atoms with E-state index in [1.54, 1.807) is 6.20 Å². The van der Waals surface area contributed by atoms with E-state index in [9.17, 15) is 0 Å². The van der Waals surface area contributed by atoms with Crippen molar-refractivity contribution >= 4 is 32.7 Å². The van der Waals surface area contributed by atoms with Crippen molar-refractivity contribution in [1.29, 1.82) is 0 Å². The third-order valence-electron chi connectivity index (χ3n) is 8.69. The molecule has 4 heteroatoms. The molecule has 0 aliphatic heterocycles. The maximum atomic E-state index is 6.26. The minimum atomic E-state index is 0. The fourth-order valence-corrected chi connectivity index (χ4v) is 6.07. The van der Waals surface area contributed by atoms with Gasteiger partial charge in [0.2, 0.25) is 0 Å². The molecular formula is C44H36IrN2O-2. The molecule has 48 heavy (non-hydrogen) atoms. The summed E-state index contributed by atoms with van der Waals surface area (Å²) in [6.45, 7) is 11.1. The normalized spacial score (nSPS) is 11.3. The van der Waals surface area contributed by atoms with Crippen LogP contribution < -0.4 is 0 Å². The molecule has 8 aromatic rings. The van der Waals surface area contributed by atoms with Crippen molar-refractivity contribution < 1.29 is 24.5 Å². The van der Waals surface area contributed by atoms with Crippen LogP contribution in [0.25, 0.3) is 66.4 Å². The van der Waals surface area contributed by atoms with E-state index in [0.717, 1.165) is 50.0 Å². The van der Waals surface area contributed by atoms with E-state index in [0.29, 0.717) is 0 Å². The second-order valence-corrected chi connectivity index (χ2v) is 13.0. The Morgan fingerprint density at radius 1 is 0.625 bits per heavy atom. The van der Waals surface area contributed by atoms with Gasteiger partial charge in [0.05, 0.1) is 5.58 Å². The predicted octanol–water partition coefficient (Wildman–Crippen LogP) is 11.7. The Morgan fingerprint density at radius 2 is 1.42 bits per heavy atom. The Balaban J connectivity index is 0.000000260. The summed E-state index contributed by atoms with van der Waals surface area (Å²) in [5.74, 6) is 0. The zero-order chi connectivity index (χ0) is 32.5. The van der Waals surface area contributed by atoms with Gasteiger partial charge < -0.3 is 14.4 Å². The first-order valence-corrected chi connectivity index (χ1v) is 16.0. The number of furan rings is 1. The summed E-state index contributed by atoms with van der Waals surface area (Å²) in [4.78, 5) is 9.01. The van der Waals surface area contributed by atoms with Crippen molar-refractivity contribution in [2.45, 2.75) is 40.0 Å². The van der Waals surface area contributed by atoms with Gasteiger partial charge in [-0.1, -0.05) is 92.4 Å². The Bertz CT molecular complexity index is 2320. The van der Waals surface area contributed by atoms with Crippen LogP contribution in [0.3, 0.4) is 0 Å². The molecule has 0 atom stereocenters. The van der Waals surface area contributed by atoms with E-state index in [-0.39, 0.29) is 25.5 Å². The van der Waals surface area contributed by atoms with Gasteiger partial charge in [-0.3, -0.25) is 0 Å². The first kappa shape index (κ1) is 33.0. The minimum Gasteiger partial charge on any atom is -0.501 e. The quantitative estimate of drug-likeness (QED) is 0.167. The van der Waals surface area contributed by atoms with Crippen LogP contribution in [-0.2, 0) is 25.5 Å². The molecule has 0 saturated carbocycles. The Labute approximate surface area is 296 Å². The second-order valence-electron chi connectivity index (χ2n) is 13.0. The summed E-state index contributed by atoms with van der Waals surface area (Å²) in [7, 11) is 0. The van der Waals surface area contributed by atoms with Gasteiger partial charge in [-0.25, -0.2) is 0 Å². The molecule has 0 unspecified atom stereocenters. The fraction of sp³-hybridized carbons (Fsp3) is 0.136. The number of rotatable bonds is 3. The topological polar surface area (TPSA) is 38.9 Å². The monoisotopic (exact) mass is 801 g/mol. The molecule has 0 spiro atoms. The maximum absolute atomic E-state index is 6.26. The number of para-hydroxylation sites is 1. The number of fused-ring (bicyclic) bond motifs is 4. The molecule has 0 bridgehead atoms. The van der Waals surface area contributed by atoms with E-state index >= 15 is 0 Å². The third kappa shape index (κ3) is 6.60. The summed E-state index contributed by atoms with van der Waals surface area (Å²) in [6.07, 6.45) is 3.75. The van der Waals surface area contributed by atoms with Crippen LogP contribution in [0.2, 0.25) is 0 Å². The molecule has 0 aliphatic carbocycles. The summed E-state index contributed by atoms with van der Waals surface area (Å²) in [6, 6.07) is 46.0. The number of nitrogens with zero attached hydrogens (tertiary/aromatic N) is 2. The molecule has 0 N–H and O–H groups in total. The van der Waals surface area contributed by atoms with Crippen molar-refractivity contribution in [3.63, 3.8) is 0 Å². The van der Waals surface area contributed by atoms with Crippen molar-refractivity contribution in [2.75, 3.05) is 0 Å². The van der Waals surface area contributed by atoms with E-state index in [1.165, 1.54) is 33.0 Å². The van der Waals surface area contributed by atoms with Gasteiger partial charge in [0, 0.05) is 37.9 Å². The van der Waals surface area contributed by atoms with Crippen LogP contribution in [-0.4, -0.2) is 9.97 Å². The van der Waals surface area contributed by atoms with Crippen molar-refractivity contribution in [3.05, 3.63) is 156 Å². The van der Waals surface area contributed by atoms with Crippen LogP contribution >= 0.6 is 0 Å². The SMILES string of the molecule is Cc1cnc(-c2[c-]ccc3c2oc2ccccc23)cc1-c1cc2ccc(C(C)(C)C)cc2cc1C.[Ir].[c-]1ccccc1-c1ccccn1. The number of aryl methyl sites for hydroxylation is 2. The van der Waals surface area contributed by atoms with Gasteiger partial charge in [-0.05, 0) is 87.4 Å². The maximum Gasteiger partial charge on any atom is 0.120 e. The van der Waals surface area contributed by atoms with Crippen LogP contribution in [0.4, 0.5) is 0 Å². The second kappa shape index (κ2) is 13.7. The van der Waals surface area contributed by atoms with Gasteiger partial charge in [0.25, 0.3) is 0 Å². The molecule has 0 amide bonds. The Morgan fingerprint density at radius 3 is 2.19 bits per heavy atom. The zero-order valence-corrected chi connectivity index (χ0v) is 30.2. The number of aromatic nitrogens is 2. The molecule has 0 saturated heterocycles. The van der Waals surface area contributed by atoms with Crippen molar-refractivity contribution in [1.82, 2.24) is 9.97 Å². The van der Waals surface area contributed by atoms with Crippen LogP contribution in [0, 0.1) is 26.0 Å². The van der Waals surface area contributed by atoms with Gasteiger partial charge in [0.1, 0.15) is 5.58 Å². The molecule has 3 aromatic heterocycles. The first-order chi connectivity index (χ1) is 22.8. The van der Waals surface area contributed by atoms with Gasteiger partial charge in [0.15, 0.2) is 0 Å². The molecule has 239 valence electrons. The first-order valence-electron chi connectivity index (χ1n) is 16.0. The molecule has 0 aliphatic rings. The third-order valence-corrected chi connectivity index (χ3v) is 8.69. The molecular weight excluding hydrogens is 765 g/mol. The number of hydrogen-bond acceptors (Lipinski definition) is 3. The van der Waals surface area contributed by atoms with Gasteiger partial charge in [-0.15, -0.1) is 54.1 Å². The Hall–Kier alpha value is -4.89. The molecule has 5 aromatic carbocycles. The fourth-order valence-electron chi connectivity index (χ4n) is 6.07. The number of pyridine rings is 2. The van der Waals surface area contributed by atoms with Crippen LogP contribution in [0.15, 0.2) is 132 Å². The van der Waals surface area contributed by atoms with Crippen molar-refractivity contribution in [3.8, 4) is 33.6 Å². The standard InChI is InChI=1S/C33H28NO.C11H8N.Ir/c1-20-15-23-16-24(33(3,4)5)14-13-22(23)17-28(20)29-18-30(34-19-21(29)2)27-11-8-10-26-25-9-6-7-12-31(25)35-32(26)27;1-2-6-10(7-3-1)11-8-4-5-9-12-11;/h6-10,12-19H,1-5H3;1-6,8-9H;/q2*-1;. The van der Waals surface area contributed by atoms with E-state index in [1.807, 2.05) is 72.9 Å². The molecule has 3 heterocycles. The van der Waals surface area contributed by atoms with Crippen LogP contribution in [0.5, 0.6) is 0 Å². The average Bonchev–Trinajstić information content (AvgIpc) is 3.48. The largest absolute Gasteiger partial charge is 0.501 e. The van der Waals surface area contributed by atoms with Crippen LogP contribution in [0.1, 0.15) is 37.5 Å².